The van der Waals surface area contributed by atoms with Crippen LogP contribution in [-0.4, -0.2) is 25.4 Å². The summed E-state index contributed by atoms with van der Waals surface area (Å²) in [5.74, 6) is -1.24. The average Bonchev–Trinajstić information content (AvgIpc) is 3.40. The van der Waals surface area contributed by atoms with Gasteiger partial charge in [0.15, 0.2) is 22.6 Å². The molecule has 0 saturated heterocycles. The lowest BCUT2D eigenvalue weighted by atomic mass is 9.85. The molecule has 0 amide bonds. The van der Waals surface area contributed by atoms with Crippen molar-refractivity contribution in [3.63, 3.8) is 0 Å². The number of benzene rings is 1. The molecule has 1 aromatic carbocycles. The van der Waals surface area contributed by atoms with Gasteiger partial charge in [0.2, 0.25) is 0 Å². The lowest BCUT2D eigenvalue weighted by Gasteiger charge is -2.31. The fourth-order valence-electron chi connectivity index (χ4n) is 4.41. The van der Waals surface area contributed by atoms with Crippen molar-refractivity contribution >= 4 is 39.5 Å². The number of thioether (sulfide) groups is 1. The van der Waals surface area contributed by atoms with Crippen molar-refractivity contribution in [1.82, 2.24) is 15.0 Å². The molecule has 3 heterocycles. The third kappa shape index (κ3) is 3.08. The van der Waals surface area contributed by atoms with E-state index in [1.807, 2.05) is 6.07 Å². The summed E-state index contributed by atoms with van der Waals surface area (Å²) in [4.78, 5) is 17.1. The van der Waals surface area contributed by atoms with Gasteiger partial charge in [0.25, 0.3) is 0 Å². The number of fused-ring (bicyclic) bond motifs is 2. The second-order valence-corrected chi connectivity index (χ2v) is 9.13. The van der Waals surface area contributed by atoms with E-state index >= 15 is 0 Å². The first-order valence-corrected chi connectivity index (χ1v) is 10.5. The Morgan fingerprint density at radius 2 is 2.03 bits per heavy atom. The topological polar surface area (TPSA) is 113 Å². The van der Waals surface area contributed by atoms with Gasteiger partial charge in [0, 0.05) is 34.7 Å². The van der Waals surface area contributed by atoms with E-state index in [1.165, 1.54) is 24.3 Å². The zero-order chi connectivity index (χ0) is 21.9. The largest absolute Gasteiger partial charge is 0.379 e. The summed E-state index contributed by atoms with van der Waals surface area (Å²) >= 11 is 1.49. The quantitative estimate of drug-likeness (QED) is 0.640. The molecular weight excluding hydrogens is 420 g/mol. The van der Waals surface area contributed by atoms with Gasteiger partial charge in [-0.3, -0.25) is 4.99 Å². The number of anilines is 2. The molecule has 4 atom stereocenters. The number of pyridine rings is 1. The number of nitriles is 1. The Kier molecular flexibility index (Phi) is 4.34. The number of nitrogens with two attached hydrogens (primary N) is 1. The fourth-order valence-corrected chi connectivity index (χ4v) is 5.88. The highest BCUT2D eigenvalue weighted by molar-refractivity contribution is 8.14. The van der Waals surface area contributed by atoms with Crippen molar-refractivity contribution in [2.24, 2.45) is 22.6 Å². The van der Waals surface area contributed by atoms with Crippen LogP contribution in [0.2, 0.25) is 0 Å². The van der Waals surface area contributed by atoms with E-state index in [0.717, 1.165) is 6.07 Å². The second-order valence-electron chi connectivity index (χ2n) is 7.94. The van der Waals surface area contributed by atoms with Gasteiger partial charge in [-0.2, -0.15) is 5.26 Å². The van der Waals surface area contributed by atoms with Crippen molar-refractivity contribution in [3.8, 4) is 6.07 Å². The highest BCUT2D eigenvalue weighted by atomic mass is 32.2. The maximum atomic E-state index is 14.9. The number of amidine groups is 1. The molecule has 0 bridgehead atoms. The molecule has 31 heavy (non-hydrogen) atoms. The average molecular weight is 437 g/mol. The Bertz CT molecular complexity index is 1300. The van der Waals surface area contributed by atoms with Gasteiger partial charge in [0.1, 0.15) is 17.9 Å². The summed E-state index contributed by atoms with van der Waals surface area (Å²) in [5, 5.41) is 12.7. The van der Waals surface area contributed by atoms with Crippen LogP contribution < -0.4 is 11.1 Å². The van der Waals surface area contributed by atoms with Crippen LogP contribution in [0.1, 0.15) is 25.0 Å². The molecule has 0 spiro atoms. The van der Waals surface area contributed by atoms with Crippen LogP contribution in [0.3, 0.4) is 0 Å². The SMILES string of the molecule is C[C@@H]1[C@@H]2SC(N)=N[C@](C)(c3cc(Nc4ncnc5cc(C#N)cnc45)cc(F)c3F)[C@H]12. The van der Waals surface area contributed by atoms with E-state index in [9.17, 15) is 8.78 Å². The standard InChI is InChI=1S/C21H17F2N7S/c1-9-15-18(9)31-20(25)30-21(15,2)12-4-11(5-13(22)16(12)23)29-19-17-14(27-8-28-19)3-10(6-24)7-26-17/h3-5,7-9,15,18H,1-2H3,(H2,25,30)(H,27,28,29)/t9-,15+,18-,21+/m0/s1. The molecule has 3 N–H and O–H groups in total. The zero-order valence-corrected chi connectivity index (χ0v) is 17.4. The van der Waals surface area contributed by atoms with Gasteiger partial charge in [-0.15, -0.1) is 0 Å². The zero-order valence-electron chi connectivity index (χ0n) is 16.6. The maximum Gasteiger partial charge on any atom is 0.164 e. The van der Waals surface area contributed by atoms with Crippen LogP contribution in [0.15, 0.2) is 35.7 Å². The van der Waals surface area contributed by atoms with Crippen molar-refractivity contribution in [3.05, 3.63) is 53.5 Å². The Labute approximate surface area is 180 Å². The number of nitrogens with zero attached hydrogens (tertiary/aromatic N) is 5. The van der Waals surface area contributed by atoms with Crippen LogP contribution in [0, 0.1) is 34.8 Å². The minimum absolute atomic E-state index is 0.0694. The number of rotatable bonds is 3. The van der Waals surface area contributed by atoms with Crippen LogP contribution in [0.4, 0.5) is 20.3 Å². The molecule has 1 fully saturated rings. The first-order valence-electron chi connectivity index (χ1n) is 9.61. The predicted octanol–water partition coefficient (Wildman–Crippen LogP) is 3.83. The van der Waals surface area contributed by atoms with E-state index in [4.69, 9.17) is 11.0 Å². The summed E-state index contributed by atoms with van der Waals surface area (Å²) in [5.41, 5.74) is 6.72. The highest BCUT2D eigenvalue weighted by Gasteiger charge is 2.61. The molecule has 1 saturated carbocycles. The number of hydrogen-bond donors (Lipinski definition) is 2. The minimum Gasteiger partial charge on any atom is -0.379 e. The van der Waals surface area contributed by atoms with Gasteiger partial charge in [0.05, 0.1) is 16.6 Å². The molecule has 156 valence electrons. The maximum absolute atomic E-state index is 14.9. The van der Waals surface area contributed by atoms with Gasteiger partial charge in [-0.1, -0.05) is 18.7 Å². The monoisotopic (exact) mass is 437 g/mol. The molecule has 2 aromatic heterocycles. The van der Waals surface area contributed by atoms with Crippen LogP contribution in [-0.2, 0) is 5.54 Å². The smallest absolute Gasteiger partial charge is 0.164 e. The number of aromatic nitrogens is 3. The molecule has 2 aliphatic rings. The van der Waals surface area contributed by atoms with E-state index in [1.54, 1.807) is 19.1 Å². The molecule has 7 nitrogen and oxygen atoms in total. The van der Waals surface area contributed by atoms with Crippen molar-refractivity contribution in [1.29, 1.82) is 5.26 Å². The Morgan fingerprint density at radius 3 is 2.81 bits per heavy atom. The van der Waals surface area contributed by atoms with Crippen LogP contribution in [0.25, 0.3) is 11.0 Å². The van der Waals surface area contributed by atoms with E-state index in [0.29, 0.717) is 39.2 Å². The predicted molar refractivity (Wildman–Crippen MR) is 115 cm³/mol. The fraction of sp³-hybridized carbons (Fsp3) is 0.286. The summed E-state index contributed by atoms with van der Waals surface area (Å²) in [6.07, 6.45) is 2.72. The molecule has 3 aromatic rings. The second kappa shape index (κ2) is 6.85. The lowest BCUT2D eigenvalue weighted by molar-refractivity contribution is 0.379. The first-order chi connectivity index (χ1) is 14.8. The summed E-state index contributed by atoms with van der Waals surface area (Å²) in [6, 6.07) is 6.20. The van der Waals surface area contributed by atoms with Crippen molar-refractivity contribution < 1.29 is 8.78 Å². The van der Waals surface area contributed by atoms with Gasteiger partial charge >= 0.3 is 0 Å². The number of aliphatic imine (C=N–C) groups is 1. The third-order valence-corrected chi connectivity index (χ3v) is 7.31. The van der Waals surface area contributed by atoms with E-state index in [-0.39, 0.29) is 16.7 Å². The first kappa shape index (κ1) is 19.6. The van der Waals surface area contributed by atoms with Crippen LogP contribution >= 0.6 is 11.8 Å². The van der Waals surface area contributed by atoms with Crippen molar-refractivity contribution in [2.45, 2.75) is 24.6 Å². The summed E-state index contributed by atoms with van der Waals surface area (Å²) in [7, 11) is 0. The third-order valence-electron chi connectivity index (χ3n) is 5.99. The molecular formula is C21H17F2N7S. The number of halogens is 2. The Hall–Kier alpha value is -3.32. The molecule has 1 aliphatic carbocycles. The lowest BCUT2D eigenvalue weighted by Crippen LogP contribution is -2.32. The van der Waals surface area contributed by atoms with E-state index < -0.39 is 17.2 Å². The highest BCUT2D eigenvalue weighted by Crippen LogP contribution is 2.61. The van der Waals surface area contributed by atoms with E-state index in [2.05, 4.69) is 32.2 Å². The summed E-state index contributed by atoms with van der Waals surface area (Å²) in [6.45, 7) is 3.87. The number of nitrogens with one attached hydrogen (secondary N) is 1. The van der Waals surface area contributed by atoms with Crippen molar-refractivity contribution in [2.75, 3.05) is 5.32 Å². The molecule has 0 unspecified atom stereocenters. The van der Waals surface area contributed by atoms with Crippen LogP contribution in [0.5, 0.6) is 0 Å². The molecule has 0 radical (unpaired) electrons. The van der Waals surface area contributed by atoms with Gasteiger partial charge in [-0.25, -0.2) is 23.7 Å². The normalized spacial score (nSPS) is 26.7. The number of hydrogen-bond acceptors (Lipinski definition) is 8. The molecule has 5 rings (SSSR count). The van der Waals surface area contributed by atoms with Gasteiger partial charge in [-0.05, 0) is 25.0 Å². The Balaban J connectivity index is 1.59. The molecule has 1 aliphatic heterocycles. The molecule has 10 heteroatoms. The van der Waals surface area contributed by atoms with Gasteiger partial charge < -0.3 is 11.1 Å². The minimum atomic E-state index is -0.990. The summed E-state index contributed by atoms with van der Waals surface area (Å²) < 4.78 is 29.6. The Morgan fingerprint density at radius 1 is 1.23 bits per heavy atom.